The molecule has 0 unspecified atom stereocenters. The van der Waals surface area contributed by atoms with Crippen LogP contribution in [0, 0.1) is 18.3 Å². The van der Waals surface area contributed by atoms with E-state index in [0.29, 0.717) is 23.6 Å². The molecule has 0 saturated heterocycles. The van der Waals surface area contributed by atoms with Crippen molar-refractivity contribution in [3.63, 3.8) is 0 Å². The number of hydrogen-bond acceptors (Lipinski definition) is 5. The fourth-order valence-electron chi connectivity index (χ4n) is 3.78. The Hall–Kier alpha value is -3.98. The van der Waals surface area contributed by atoms with Gasteiger partial charge in [-0.2, -0.15) is 5.26 Å². The lowest BCUT2D eigenvalue weighted by Gasteiger charge is -2.27. The topological polar surface area (TPSA) is 90.3 Å². The lowest BCUT2D eigenvalue weighted by Crippen LogP contribution is -2.33. The predicted molar refractivity (Wildman–Crippen MR) is 113 cm³/mol. The summed E-state index contributed by atoms with van der Waals surface area (Å²) in [4.78, 5) is 13.6. The van der Waals surface area contributed by atoms with Gasteiger partial charge in [-0.15, -0.1) is 0 Å². The van der Waals surface area contributed by atoms with Crippen molar-refractivity contribution in [2.75, 3.05) is 7.11 Å². The van der Waals surface area contributed by atoms with Gasteiger partial charge < -0.3 is 19.8 Å². The number of nitrogens with zero attached hydrogens (tertiary/aromatic N) is 2. The first-order valence-electron chi connectivity index (χ1n) is 9.53. The van der Waals surface area contributed by atoms with Crippen LogP contribution in [0.1, 0.15) is 28.3 Å². The van der Waals surface area contributed by atoms with Gasteiger partial charge in [0.2, 0.25) is 5.88 Å². The number of benzene rings is 2. The summed E-state index contributed by atoms with van der Waals surface area (Å²) < 4.78 is 12.6. The molecule has 0 saturated carbocycles. The summed E-state index contributed by atoms with van der Waals surface area (Å²) in [7, 11) is 1.59. The van der Waals surface area contributed by atoms with Crippen molar-refractivity contribution in [1.29, 1.82) is 5.26 Å². The smallest absolute Gasteiger partial charge is 0.259 e. The minimum atomic E-state index is -0.611. The molecule has 1 atom stereocenters. The van der Waals surface area contributed by atoms with Crippen LogP contribution in [0.2, 0.25) is 0 Å². The minimum Gasteiger partial charge on any atom is -0.497 e. The van der Waals surface area contributed by atoms with Crippen LogP contribution in [0.25, 0.3) is 0 Å². The Morgan fingerprint density at radius 1 is 1.17 bits per heavy atom. The summed E-state index contributed by atoms with van der Waals surface area (Å²) in [5.41, 5.74) is 9.02. The molecule has 4 rings (SSSR count). The van der Waals surface area contributed by atoms with Crippen molar-refractivity contribution in [3.8, 4) is 17.6 Å². The monoisotopic (exact) mass is 399 g/mol. The van der Waals surface area contributed by atoms with Gasteiger partial charge in [0.25, 0.3) is 5.56 Å². The standard InChI is InChI=1S/C24H21N3O3/c1-15-12-20-22(24(28)27(15)14-16-6-4-3-5-7-16)21(19(13-25)23(26)30-20)17-8-10-18(29-2)11-9-17/h3-12,21H,14,26H2,1-2H3/t21-/m0/s1. The lowest BCUT2D eigenvalue weighted by atomic mass is 9.84. The third-order valence-corrected chi connectivity index (χ3v) is 5.32. The van der Waals surface area contributed by atoms with Crippen molar-refractivity contribution >= 4 is 0 Å². The lowest BCUT2D eigenvalue weighted by molar-refractivity contribution is 0.388. The van der Waals surface area contributed by atoms with Crippen molar-refractivity contribution in [2.45, 2.75) is 19.4 Å². The third kappa shape index (κ3) is 3.31. The van der Waals surface area contributed by atoms with Crippen LogP contribution >= 0.6 is 0 Å². The Kier molecular flexibility index (Phi) is 5.03. The van der Waals surface area contributed by atoms with Crippen molar-refractivity contribution in [2.24, 2.45) is 5.73 Å². The molecule has 0 bridgehead atoms. The van der Waals surface area contributed by atoms with Gasteiger partial charge in [0.1, 0.15) is 23.1 Å². The summed E-state index contributed by atoms with van der Waals surface area (Å²) in [6, 6.07) is 21.0. The molecule has 0 spiro atoms. The van der Waals surface area contributed by atoms with Gasteiger partial charge in [-0.05, 0) is 30.2 Å². The molecule has 1 aliphatic heterocycles. The van der Waals surface area contributed by atoms with E-state index in [2.05, 4.69) is 6.07 Å². The van der Waals surface area contributed by atoms with Gasteiger partial charge in [-0.1, -0.05) is 42.5 Å². The number of fused-ring (bicyclic) bond motifs is 1. The van der Waals surface area contributed by atoms with E-state index >= 15 is 0 Å². The molecular weight excluding hydrogens is 378 g/mol. The summed E-state index contributed by atoms with van der Waals surface area (Å²) in [6.07, 6.45) is 0. The quantitative estimate of drug-likeness (QED) is 0.726. The molecule has 3 aromatic rings. The molecule has 0 radical (unpaired) electrons. The maximum atomic E-state index is 13.6. The number of methoxy groups -OCH3 is 1. The average molecular weight is 399 g/mol. The molecule has 1 aliphatic rings. The second-order valence-corrected chi connectivity index (χ2v) is 7.14. The highest BCUT2D eigenvalue weighted by Gasteiger charge is 2.34. The van der Waals surface area contributed by atoms with E-state index in [1.807, 2.05) is 49.4 Å². The summed E-state index contributed by atoms with van der Waals surface area (Å²) in [5, 5.41) is 9.77. The Labute approximate surface area is 174 Å². The Bertz CT molecular complexity index is 1220. The molecular formula is C24H21N3O3. The fraction of sp³-hybridized carbons (Fsp3) is 0.167. The largest absolute Gasteiger partial charge is 0.497 e. The molecule has 2 N–H and O–H groups in total. The van der Waals surface area contributed by atoms with Crippen LogP contribution in [0.5, 0.6) is 11.5 Å². The van der Waals surface area contributed by atoms with Crippen LogP contribution in [0.15, 0.2) is 76.9 Å². The van der Waals surface area contributed by atoms with E-state index in [9.17, 15) is 10.1 Å². The number of nitrogens with two attached hydrogens (primary N) is 1. The van der Waals surface area contributed by atoms with E-state index in [1.165, 1.54) is 0 Å². The molecule has 0 fully saturated rings. The van der Waals surface area contributed by atoms with Crippen LogP contribution in [-0.4, -0.2) is 11.7 Å². The maximum Gasteiger partial charge on any atom is 0.259 e. The number of hydrogen-bond donors (Lipinski definition) is 1. The number of aryl methyl sites for hydroxylation is 1. The Morgan fingerprint density at radius 2 is 1.87 bits per heavy atom. The van der Waals surface area contributed by atoms with Crippen molar-refractivity contribution in [1.82, 2.24) is 4.57 Å². The van der Waals surface area contributed by atoms with Crippen molar-refractivity contribution < 1.29 is 9.47 Å². The highest BCUT2D eigenvalue weighted by Crippen LogP contribution is 2.40. The molecule has 2 aromatic carbocycles. The number of nitriles is 1. The number of aromatic nitrogens is 1. The van der Waals surface area contributed by atoms with E-state index in [4.69, 9.17) is 15.2 Å². The number of rotatable bonds is 4. The molecule has 6 heteroatoms. The number of ether oxygens (including phenoxy) is 2. The highest BCUT2D eigenvalue weighted by molar-refractivity contribution is 5.55. The second-order valence-electron chi connectivity index (χ2n) is 7.14. The van der Waals surface area contributed by atoms with Crippen LogP contribution in [0.4, 0.5) is 0 Å². The van der Waals surface area contributed by atoms with Crippen LogP contribution < -0.4 is 20.8 Å². The number of pyridine rings is 1. The Balaban J connectivity index is 1.90. The van der Waals surface area contributed by atoms with Gasteiger partial charge in [0, 0.05) is 11.8 Å². The summed E-state index contributed by atoms with van der Waals surface area (Å²) >= 11 is 0. The zero-order valence-corrected chi connectivity index (χ0v) is 16.8. The molecule has 150 valence electrons. The van der Waals surface area contributed by atoms with Gasteiger partial charge in [0.15, 0.2) is 0 Å². The second kappa shape index (κ2) is 7.80. The zero-order valence-electron chi connectivity index (χ0n) is 16.8. The first-order valence-corrected chi connectivity index (χ1v) is 9.53. The van der Waals surface area contributed by atoms with Gasteiger partial charge >= 0.3 is 0 Å². The first-order chi connectivity index (χ1) is 14.5. The number of allylic oxidation sites excluding steroid dienone is 1. The minimum absolute atomic E-state index is 0.0189. The fourth-order valence-corrected chi connectivity index (χ4v) is 3.78. The van der Waals surface area contributed by atoms with Gasteiger partial charge in [-0.3, -0.25) is 4.79 Å². The molecule has 1 aromatic heterocycles. The van der Waals surface area contributed by atoms with Crippen LogP contribution in [-0.2, 0) is 6.54 Å². The SMILES string of the molecule is COc1ccc([C@H]2C(C#N)=C(N)Oc3cc(C)n(Cc4ccccc4)c(=O)c32)cc1. The van der Waals surface area contributed by atoms with E-state index < -0.39 is 5.92 Å². The molecule has 30 heavy (non-hydrogen) atoms. The van der Waals surface area contributed by atoms with E-state index in [1.54, 1.807) is 29.9 Å². The maximum absolute atomic E-state index is 13.6. The van der Waals surface area contributed by atoms with Gasteiger partial charge in [0.05, 0.1) is 25.1 Å². The Morgan fingerprint density at radius 3 is 2.50 bits per heavy atom. The normalized spacial score (nSPS) is 15.2. The van der Waals surface area contributed by atoms with E-state index in [0.717, 1.165) is 16.8 Å². The molecule has 2 heterocycles. The predicted octanol–water partition coefficient (Wildman–Crippen LogP) is 3.43. The first kappa shape index (κ1) is 19.3. The van der Waals surface area contributed by atoms with E-state index in [-0.39, 0.29) is 17.0 Å². The zero-order chi connectivity index (χ0) is 21.3. The molecule has 6 nitrogen and oxygen atoms in total. The summed E-state index contributed by atoms with van der Waals surface area (Å²) in [5.74, 6) is 0.483. The van der Waals surface area contributed by atoms with Gasteiger partial charge in [-0.25, -0.2) is 0 Å². The average Bonchev–Trinajstić information content (AvgIpc) is 2.76. The van der Waals surface area contributed by atoms with Crippen molar-refractivity contribution in [3.05, 3.63) is 105 Å². The summed E-state index contributed by atoms with van der Waals surface area (Å²) in [6.45, 7) is 2.28. The molecule has 0 amide bonds. The van der Waals surface area contributed by atoms with Crippen LogP contribution in [0.3, 0.4) is 0 Å². The molecule has 0 aliphatic carbocycles. The third-order valence-electron chi connectivity index (χ3n) is 5.32. The highest BCUT2D eigenvalue weighted by atomic mass is 16.5.